The van der Waals surface area contributed by atoms with Crippen molar-refractivity contribution in [3.63, 3.8) is 0 Å². The van der Waals surface area contributed by atoms with Crippen LogP contribution in [0.2, 0.25) is 0 Å². The summed E-state index contributed by atoms with van der Waals surface area (Å²) < 4.78 is 0. The summed E-state index contributed by atoms with van der Waals surface area (Å²) in [7, 11) is 0. The van der Waals surface area contributed by atoms with Crippen LogP contribution < -0.4 is 0 Å². The van der Waals surface area contributed by atoms with Gasteiger partial charge in [0.1, 0.15) is 0 Å². The van der Waals surface area contributed by atoms with E-state index in [1.165, 1.54) is 0 Å². The predicted octanol–water partition coefficient (Wildman–Crippen LogP) is 3.67. The highest BCUT2D eigenvalue weighted by Crippen LogP contribution is 2.27. The van der Waals surface area contributed by atoms with Gasteiger partial charge in [-0.15, -0.1) is 11.8 Å². The molecule has 3 heteroatoms. The van der Waals surface area contributed by atoms with Crippen molar-refractivity contribution in [2.75, 3.05) is 0 Å². The number of hydrogen-bond acceptors (Lipinski definition) is 2. The third-order valence-corrected chi connectivity index (χ3v) is 3.86. The lowest BCUT2D eigenvalue weighted by atomic mass is 10.2. The van der Waals surface area contributed by atoms with Crippen LogP contribution in [-0.4, -0.2) is 16.3 Å². The van der Waals surface area contributed by atoms with Crippen molar-refractivity contribution >= 4 is 17.7 Å². The summed E-state index contributed by atoms with van der Waals surface area (Å²) in [5.74, 6) is -0.867. The van der Waals surface area contributed by atoms with Crippen LogP contribution in [0.5, 0.6) is 0 Å². The highest BCUT2D eigenvalue weighted by atomic mass is 32.2. The lowest BCUT2D eigenvalue weighted by Gasteiger charge is -2.11. The first-order chi connectivity index (χ1) is 7.17. The Balaban J connectivity index is 2.67. The fourth-order valence-electron chi connectivity index (χ4n) is 1.32. The first-order valence-electron chi connectivity index (χ1n) is 5.17. The average Bonchev–Trinajstić information content (AvgIpc) is 2.26. The zero-order valence-corrected chi connectivity index (χ0v) is 9.88. The minimum absolute atomic E-state index is 0.351. The van der Waals surface area contributed by atoms with E-state index in [0.29, 0.717) is 10.8 Å². The van der Waals surface area contributed by atoms with Gasteiger partial charge in [-0.2, -0.15) is 0 Å². The molecule has 1 N–H and O–H groups in total. The van der Waals surface area contributed by atoms with Gasteiger partial charge in [0.25, 0.3) is 0 Å². The summed E-state index contributed by atoms with van der Waals surface area (Å²) in [4.78, 5) is 11.8. The second kappa shape index (κ2) is 5.81. The topological polar surface area (TPSA) is 37.3 Å². The van der Waals surface area contributed by atoms with E-state index in [-0.39, 0.29) is 0 Å². The fraction of sp³-hybridized carbons (Fsp3) is 0.417. The molecule has 0 saturated carbocycles. The molecule has 2 nitrogen and oxygen atoms in total. The Bertz CT molecular complexity index is 315. The van der Waals surface area contributed by atoms with E-state index in [1.807, 2.05) is 23.9 Å². The summed E-state index contributed by atoms with van der Waals surface area (Å²) in [6, 6.07) is 7.08. The van der Waals surface area contributed by atoms with Crippen molar-refractivity contribution in [1.29, 1.82) is 0 Å². The van der Waals surface area contributed by atoms with Gasteiger partial charge in [0.2, 0.25) is 0 Å². The lowest BCUT2D eigenvalue weighted by Crippen LogP contribution is -1.98. The minimum Gasteiger partial charge on any atom is -0.478 e. The molecule has 0 spiro atoms. The van der Waals surface area contributed by atoms with Crippen LogP contribution in [0.1, 0.15) is 37.0 Å². The number of aromatic carboxylic acids is 1. The van der Waals surface area contributed by atoms with Gasteiger partial charge in [-0.1, -0.05) is 13.8 Å². The molecule has 0 aliphatic heterocycles. The van der Waals surface area contributed by atoms with Crippen molar-refractivity contribution in [3.05, 3.63) is 29.8 Å². The van der Waals surface area contributed by atoms with E-state index in [1.54, 1.807) is 12.1 Å². The second-order valence-electron chi connectivity index (χ2n) is 3.39. The molecule has 15 heavy (non-hydrogen) atoms. The van der Waals surface area contributed by atoms with Crippen LogP contribution >= 0.6 is 11.8 Å². The van der Waals surface area contributed by atoms with Crippen LogP contribution in [0.25, 0.3) is 0 Å². The molecule has 1 aromatic rings. The van der Waals surface area contributed by atoms with Gasteiger partial charge in [-0.3, -0.25) is 0 Å². The van der Waals surface area contributed by atoms with Crippen LogP contribution in [-0.2, 0) is 0 Å². The van der Waals surface area contributed by atoms with E-state index in [0.717, 1.165) is 17.7 Å². The standard InChI is InChI=1S/C12H16O2S/c1-3-10(4-2)15-11-7-5-9(6-8-11)12(13)14/h5-8,10H,3-4H2,1-2H3,(H,13,14). The number of carbonyl (C=O) groups is 1. The van der Waals surface area contributed by atoms with Crippen LogP contribution in [0.15, 0.2) is 29.2 Å². The van der Waals surface area contributed by atoms with Gasteiger partial charge >= 0.3 is 5.97 Å². The zero-order valence-electron chi connectivity index (χ0n) is 9.06. The third kappa shape index (κ3) is 3.59. The molecule has 0 bridgehead atoms. The number of hydrogen-bond donors (Lipinski definition) is 1. The summed E-state index contributed by atoms with van der Waals surface area (Å²) >= 11 is 1.82. The Morgan fingerprint density at radius 2 is 1.80 bits per heavy atom. The van der Waals surface area contributed by atoms with E-state index in [9.17, 15) is 4.79 Å². The summed E-state index contributed by atoms with van der Waals surface area (Å²) in [6.07, 6.45) is 2.28. The quantitative estimate of drug-likeness (QED) is 0.775. The molecule has 0 aromatic heterocycles. The van der Waals surface area contributed by atoms with Crippen molar-refractivity contribution in [1.82, 2.24) is 0 Å². The summed E-state index contributed by atoms with van der Waals surface area (Å²) in [5, 5.41) is 9.37. The van der Waals surface area contributed by atoms with Crippen molar-refractivity contribution < 1.29 is 9.90 Å². The Hall–Kier alpha value is -0.960. The first kappa shape index (κ1) is 12.1. The molecular weight excluding hydrogens is 208 g/mol. The number of benzene rings is 1. The van der Waals surface area contributed by atoms with Gasteiger partial charge < -0.3 is 5.11 Å². The third-order valence-electron chi connectivity index (χ3n) is 2.31. The molecule has 0 fully saturated rings. The highest BCUT2D eigenvalue weighted by Gasteiger charge is 2.06. The number of rotatable bonds is 5. The first-order valence-corrected chi connectivity index (χ1v) is 6.05. The second-order valence-corrected chi connectivity index (χ2v) is 4.76. The molecule has 0 saturated heterocycles. The Morgan fingerprint density at radius 3 is 2.20 bits per heavy atom. The molecule has 0 amide bonds. The Labute approximate surface area is 94.7 Å². The molecule has 82 valence electrons. The lowest BCUT2D eigenvalue weighted by molar-refractivity contribution is 0.0697. The highest BCUT2D eigenvalue weighted by molar-refractivity contribution is 8.00. The molecule has 0 radical (unpaired) electrons. The molecule has 0 unspecified atom stereocenters. The van der Waals surface area contributed by atoms with Crippen molar-refractivity contribution in [2.24, 2.45) is 0 Å². The SMILES string of the molecule is CCC(CC)Sc1ccc(C(=O)O)cc1. The van der Waals surface area contributed by atoms with Crippen LogP contribution in [0.3, 0.4) is 0 Å². The maximum absolute atomic E-state index is 10.6. The molecular formula is C12H16O2S. The van der Waals surface area contributed by atoms with Gasteiger partial charge in [-0.05, 0) is 37.1 Å². The van der Waals surface area contributed by atoms with Crippen molar-refractivity contribution in [3.8, 4) is 0 Å². The zero-order chi connectivity index (χ0) is 11.3. The number of thioether (sulfide) groups is 1. The Morgan fingerprint density at radius 1 is 1.27 bits per heavy atom. The normalized spacial score (nSPS) is 10.6. The molecule has 0 atom stereocenters. The predicted molar refractivity (Wildman–Crippen MR) is 63.6 cm³/mol. The largest absolute Gasteiger partial charge is 0.478 e. The fourth-order valence-corrected chi connectivity index (χ4v) is 2.34. The smallest absolute Gasteiger partial charge is 0.335 e. The van der Waals surface area contributed by atoms with Gasteiger partial charge in [0.15, 0.2) is 0 Å². The van der Waals surface area contributed by atoms with Crippen LogP contribution in [0.4, 0.5) is 0 Å². The molecule has 0 heterocycles. The number of carboxylic acid groups (broad SMARTS) is 1. The summed E-state index contributed by atoms with van der Waals surface area (Å²) in [5.41, 5.74) is 0.351. The number of carboxylic acids is 1. The molecule has 0 aliphatic carbocycles. The Kier molecular flexibility index (Phi) is 4.69. The maximum atomic E-state index is 10.6. The monoisotopic (exact) mass is 224 g/mol. The van der Waals surface area contributed by atoms with E-state index >= 15 is 0 Å². The van der Waals surface area contributed by atoms with E-state index < -0.39 is 5.97 Å². The average molecular weight is 224 g/mol. The van der Waals surface area contributed by atoms with E-state index in [2.05, 4.69) is 13.8 Å². The summed E-state index contributed by atoms with van der Waals surface area (Å²) in [6.45, 7) is 4.35. The van der Waals surface area contributed by atoms with E-state index in [4.69, 9.17) is 5.11 Å². The molecule has 1 aromatic carbocycles. The molecule has 0 aliphatic rings. The van der Waals surface area contributed by atoms with Crippen molar-refractivity contribution in [2.45, 2.75) is 36.8 Å². The van der Waals surface area contributed by atoms with Gasteiger partial charge in [0.05, 0.1) is 5.56 Å². The van der Waals surface area contributed by atoms with Gasteiger partial charge in [-0.25, -0.2) is 4.79 Å². The minimum atomic E-state index is -0.867. The van der Waals surface area contributed by atoms with Crippen LogP contribution in [0, 0.1) is 0 Å². The maximum Gasteiger partial charge on any atom is 0.335 e. The molecule has 1 rings (SSSR count). The van der Waals surface area contributed by atoms with Gasteiger partial charge in [0, 0.05) is 10.1 Å².